The molecule has 0 unspecified atom stereocenters. The molecule has 0 bridgehead atoms. The number of rotatable bonds is 11. The maximum absolute atomic E-state index is 13.7. The van der Waals surface area contributed by atoms with Crippen LogP contribution in [-0.4, -0.2) is 27.3 Å². The van der Waals surface area contributed by atoms with Crippen molar-refractivity contribution >= 4 is 29.6 Å². The number of nitrogens with zero attached hydrogens (tertiary/aromatic N) is 3. The summed E-state index contributed by atoms with van der Waals surface area (Å²) >= 11 is 1.55. The van der Waals surface area contributed by atoms with E-state index in [2.05, 4.69) is 73.1 Å². The quantitative estimate of drug-likeness (QED) is 0.239. The number of nitrogens with one attached hydrogen (secondary N) is 1. The Morgan fingerprint density at radius 3 is 2.58 bits per heavy atom. The number of unbranched alkanes of at least 4 members (excludes halogenated alkanes) is 1. The number of aromatic nitrogens is 1. The summed E-state index contributed by atoms with van der Waals surface area (Å²) in [5.41, 5.74) is 6.31. The number of carbonyl (C=O) groups is 1. The number of anilines is 1. The van der Waals surface area contributed by atoms with Crippen LogP contribution in [0.4, 0.5) is 5.88 Å². The fourth-order valence-electron chi connectivity index (χ4n) is 5.89. The molecule has 1 aromatic heterocycles. The van der Waals surface area contributed by atoms with E-state index < -0.39 is 5.54 Å². The zero-order chi connectivity index (χ0) is 28.3. The summed E-state index contributed by atoms with van der Waals surface area (Å²) < 4.78 is 8.83. The van der Waals surface area contributed by atoms with Gasteiger partial charge in [-0.2, -0.15) is 0 Å². The molecule has 1 aliphatic carbocycles. The maximum atomic E-state index is 13.7. The zero-order valence-corrected chi connectivity index (χ0v) is 25.4. The molecule has 1 amide bonds. The first-order valence-corrected chi connectivity index (χ1v) is 15.6. The summed E-state index contributed by atoms with van der Waals surface area (Å²) in [4.78, 5) is 21.9. The molecule has 7 heteroatoms. The number of aliphatic imine (C=N–C) groups is 1. The first kappa shape index (κ1) is 28.5. The van der Waals surface area contributed by atoms with Crippen LogP contribution in [0.25, 0.3) is 11.1 Å². The predicted molar refractivity (Wildman–Crippen MR) is 165 cm³/mol. The zero-order valence-electron chi connectivity index (χ0n) is 24.5. The van der Waals surface area contributed by atoms with Gasteiger partial charge in [-0.15, -0.1) is 0 Å². The first-order chi connectivity index (χ1) is 19.3. The average molecular weight is 559 g/mol. The lowest BCUT2D eigenvalue weighted by Gasteiger charge is -2.24. The highest BCUT2D eigenvalue weighted by Crippen LogP contribution is 2.41. The fraction of sp³-hybridized carbons (Fsp3) is 0.485. The Morgan fingerprint density at radius 2 is 1.88 bits per heavy atom. The highest BCUT2D eigenvalue weighted by molar-refractivity contribution is 8.00. The molecule has 0 radical (unpaired) electrons. The third-order valence-corrected chi connectivity index (χ3v) is 9.07. The van der Waals surface area contributed by atoms with E-state index in [-0.39, 0.29) is 5.91 Å². The van der Waals surface area contributed by atoms with Gasteiger partial charge in [0.15, 0.2) is 0 Å². The summed E-state index contributed by atoms with van der Waals surface area (Å²) in [6.45, 7) is 11.3. The lowest BCUT2D eigenvalue weighted by atomic mass is 9.91. The molecule has 40 heavy (non-hydrogen) atoms. The van der Waals surface area contributed by atoms with Gasteiger partial charge < -0.3 is 4.52 Å². The van der Waals surface area contributed by atoms with Gasteiger partial charge in [0, 0.05) is 16.9 Å². The van der Waals surface area contributed by atoms with Crippen molar-refractivity contribution in [1.82, 2.24) is 10.1 Å². The van der Waals surface area contributed by atoms with Gasteiger partial charge in [0.2, 0.25) is 5.88 Å². The second kappa shape index (κ2) is 12.2. The summed E-state index contributed by atoms with van der Waals surface area (Å²) in [5, 5.41) is 4.07. The van der Waals surface area contributed by atoms with E-state index in [1.807, 2.05) is 18.7 Å². The fourth-order valence-corrected chi connectivity index (χ4v) is 6.72. The Bertz CT molecular complexity index is 1390. The van der Waals surface area contributed by atoms with Crippen molar-refractivity contribution in [2.75, 3.05) is 4.72 Å². The van der Waals surface area contributed by atoms with Crippen LogP contribution in [0.1, 0.15) is 88.1 Å². The van der Waals surface area contributed by atoms with Crippen LogP contribution in [0.15, 0.2) is 56.9 Å². The van der Waals surface area contributed by atoms with Gasteiger partial charge in [-0.25, -0.2) is 0 Å². The van der Waals surface area contributed by atoms with Crippen LogP contribution >= 0.6 is 11.9 Å². The molecular weight excluding hydrogens is 516 g/mol. The Hall–Kier alpha value is -3.06. The summed E-state index contributed by atoms with van der Waals surface area (Å²) in [5.74, 6) is 2.40. The number of hydrogen-bond acceptors (Lipinski definition) is 6. The molecule has 5 rings (SSSR count). The van der Waals surface area contributed by atoms with Crippen molar-refractivity contribution < 1.29 is 9.32 Å². The number of amidine groups is 1. The minimum Gasteiger partial charge on any atom is -0.337 e. The average Bonchev–Trinajstić information content (AvgIpc) is 3.61. The Morgan fingerprint density at radius 1 is 1.10 bits per heavy atom. The molecule has 1 N–H and O–H groups in total. The van der Waals surface area contributed by atoms with Crippen LogP contribution in [0.2, 0.25) is 0 Å². The Labute approximate surface area is 243 Å². The lowest BCUT2D eigenvalue weighted by molar-refractivity contribution is -0.131. The van der Waals surface area contributed by atoms with Crippen molar-refractivity contribution in [2.45, 2.75) is 103 Å². The lowest BCUT2D eigenvalue weighted by Crippen LogP contribution is -2.40. The molecule has 1 aliphatic heterocycles. The van der Waals surface area contributed by atoms with E-state index in [1.54, 1.807) is 11.9 Å². The van der Waals surface area contributed by atoms with E-state index in [1.165, 1.54) is 22.3 Å². The summed E-state index contributed by atoms with van der Waals surface area (Å²) in [7, 11) is 0. The van der Waals surface area contributed by atoms with Gasteiger partial charge in [0.1, 0.15) is 11.4 Å². The van der Waals surface area contributed by atoms with Crippen LogP contribution in [-0.2, 0) is 17.8 Å². The van der Waals surface area contributed by atoms with Crippen LogP contribution in [0.5, 0.6) is 0 Å². The molecule has 3 aromatic rings. The molecule has 6 nitrogen and oxygen atoms in total. The second-order valence-electron chi connectivity index (χ2n) is 11.8. The highest BCUT2D eigenvalue weighted by atomic mass is 32.2. The SMILES string of the molecule is CCCCC1=NC2(CCCC2)C(=O)N1Cc1ccc(-c2ccccc2SNc2onc(C)c2C)c(CC(C)C)c1. The van der Waals surface area contributed by atoms with E-state index in [0.29, 0.717) is 18.3 Å². The third-order valence-electron chi connectivity index (χ3n) is 8.21. The van der Waals surface area contributed by atoms with E-state index >= 15 is 0 Å². The largest absolute Gasteiger partial charge is 0.337 e. The predicted octanol–water partition coefficient (Wildman–Crippen LogP) is 8.52. The van der Waals surface area contributed by atoms with Gasteiger partial charge in [0.25, 0.3) is 5.91 Å². The van der Waals surface area contributed by atoms with Gasteiger partial charge in [0.05, 0.1) is 12.2 Å². The molecule has 2 aromatic carbocycles. The van der Waals surface area contributed by atoms with Crippen molar-refractivity contribution in [3.05, 3.63) is 64.8 Å². The van der Waals surface area contributed by atoms with E-state index in [4.69, 9.17) is 9.52 Å². The van der Waals surface area contributed by atoms with Crippen LogP contribution in [0, 0.1) is 19.8 Å². The standard InChI is InChI=1S/C33H42N4O2S/c1-6-7-14-30-34-33(17-10-11-18-33)32(38)37(30)21-25-15-16-27(26(20-25)19-22(2)3)28-12-8-9-13-29(28)40-36-31-23(4)24(5)35-39-31/h8-9,12-13,15-16,20,22,36H,6-7,10-11,14,17-19,21H2,1-5H3. The Balaban J connectivity index is 1.43. The van der Waals surface area contributed by atoms with Crippen LogP contribution in [0.3, 0.4) is 0 Å². The van der Waals surface area contributed by atoms with E-state index in [0.717, 1.165) is 73.4 Å². The van der Waals surface area contributed by atoms with Crippen molar-refractivity contribution in [2.24, 2.45) is 10.9 Å². The number of amides is 1. The van der Waals surface area contributed by atoms with Crippen molar-refractivity contribution in [3.8, 4) is 11.1 Å². The summed E-state index contributed by atoms with van der Waals surface area (Å²) in [6, 6.07) is 15.2. The number of carbonyl (C=O) groups excluding carboxylic acids is 1. The van der Waals surface area contributed by atoms with Crippen molar-refractivity contribution in [3.63, 3.8) is 0 Å². The molecule has 1 spiro atoms. The molecule has 0 saturated heterocycles. The molecular formula is C33H42N4O2S. The second-order valence-corrected chi connectivity index (χ2v) is 12.6. The molecule has 1 saturated carbocycles. The Kier molecular flexibility index (Phi) is 8.69. The number of benzene rings is 2. The summed E-state index contributed by atoms with van der Waals surface area (Å²) in [6.07, 6.45) is 7.98. The van der Waals surface area contributed by atoms with Gasteiger partial charge in [-0.3, -0.25) is 19.4 Å². The molecule has 212 valence electrons. The highest BCUT2D eigenvalue weighted by Gasteiger charge is 2.49. The number of aryl methyl sites for hydroxylation is 1. The van der Waals surface area contributed by atoms with Gasteiger partial charge in [-0.05, 0) is 85.7 Å². The van der Waals surface area contributed by atoms with E-state index in [9.17, 15) is 4.79 Å². The minimum absolute atomic E-state index is 0.219. The topological polar surface area (TPSA) is 70.7 Å². The molecule has 0 atom stereocenters. The van der Waals surface area contributed by atoms with Gasteiger partial charge >= 0.3 is 0 Å². The minimum atomic E-state index is -0.493. The monoisotopic (exact) mass is 558 g/mol. The van der Waals surface area contributed by atoms with Gasteiger partial charge in [-0.1, -0.05) is 81.6 Å². The van der Waals surface area contributed by atoms with Crippen LogP contribution < -0.4 is 4.72 Å². The smallest absolute Gasteiger partial charge is 0.256 e. The normalized spacial score (nSPS) is 16.4. The maximum Gasteiger partial charge on any atom is 0.256 e. The molecule has 2 heterocycles. The third kappa shape index (κ3) is 5.85. The number of hydrogen-bond donors (Lipinski definition) is 1. The molecule has 1 fully saturated rings. The first-order valence-electron chi connectivity index (χ1n) is 14.8. The van der Waals surface area contributed by atoms with Crippen molar-refractivity contribution in [1.29, 1.82) is 0 Å². The molecule has 2 aliphatic rings.